The van der Waals surface area contributed by atoms with Crippen LogP contribution in [-0.4, -0.2) is 37.1 Å². The van der Waals surface area contributed by atoms with Gasteiger partial charge in [0, 0.05) is 23.9 Å². The predicted octanol–water partition coefficient (Wildman–Crippen LogP) is 2.21. The van der Waals surface area contributed by atoms with Crippen LogP contribution in [0.2, 0.25) is 0 Å². The molecule has 156 valence electrons. The van der Waals surface area contributed by atoms with Gasteiger partial charge in [0.2, 0.25) is 5.91 Å². The van der Waals surface area contributed by atoms with Gasteiger partial charge in [-0.05, 0) is 18.2 Å². The number of hydrogen-bond acceptors (Lipinski definition) is 7. The molecule has 2 N–H and O–H groups in total. The molecular formula is C16H11F3N6O4S. The largest absolute Gasteiger partial charge is 0.417 e. The minimum absolute atomic E-state index is 0.0414. The number of non-ortho nitro benzene ring substituents is 1. The molecule has 2 amide bonds. The normalized spacial score (nSPS) is 11.3. The minimum Gasteiger partial charge on any atom is -0.277 e. The van der Waals surface area contributed by atoms with Crippen molar-refractivity contribution in [2.75, 3.05) is 5.75 Å². The van der Waals surface area contributed by atoms with Crippen molar-refractivity contribution < 1.29 is 27.7 Å². The van der Waals surface area contributed by atoms with Gasteiger partial charge in [0.25, 0.3) is 11.6 Å². The first kappa shape index (κ1) is 21.0. The van der Waals surface area contributed by atoms with E-state index in [0.717, 1.165) is 40.6 Å². The number of nitro groups is 1. The molecule has 0 radical (unpaired) electrons. The van der Waals surface area contributed by atoms with Crippen LogP contribution in [0.5, 0.6) is 0 Å². The average molecular weight is 440 g/mol. The summed E-state index contributed by atoms with van der Waals surface area (Å²) in [6.45, 7) is 0. The number of nitro benzene ring substituents is 1. The lowest BCUT2D eigenvalue weighted by Crippen LogP contribution is -2.42. The summed E-state index contributed by atoms with van der Waals surface area (Å²) in [5, 5.41) is 18.2. The van der Waals surface area contributed by atoms with E-state index in [9.17, 15) is 32.9 Å². The fourth-order valence-corrected chi connectivity index (χ4v) is 2.98. The van der Waals surface area contributed by atoms with E-state index in [0.29, 0.717) is 0 Å². The fraction of sp³-hybridized carbons (Fsp3) is 0.125. The summed E-state index contributed by atoms with van der Waals surface area (Å²) in [6.07, 6.45) is -3.73. The molecular weight excluding hydrogens is 429 g/mol. The predicted molar refractivity (Wildman–Crippen MR) is 97.4 cm³/mol. The van der Waals surface area contributed by atoms with Crippen LogP contribution in [0.3, 0.4) is 0 Å². The molecule has 0 unspecified atom stereocenters. The van der Waals surface area contributed by atoms with E-state index in [1.807, 2.05) is 0 Å². The molecule has 0 saturated heterocycles. The number of hydrogen-bond donors (Lipinski definition) is 2. The number of thioether (sulfide) groups is 1. The maximum absolute atomic E-state index is 12.9. The SMILES string of the molecule is O=C(CSc1nnc2ccc(C(F)(F)F)cn12)NNC(=O)c1cccc([N+](=O)[O-])c1. The zero-order chi connectivity index (χ0) is 21.9. The highest BCUT2D eigenvalue weighted by molar-refractivity contribution is 7.99. The number of carbonyl (C=O) groups excluding carboxylic acids is 2. The van der Waals surface area contributed by atoms with E-state index in [-0.39, 0.29) is 27.8 Å². The highest BCUT2D eigenvalue weighted by atomic mass is 32.2. The van der Waals surface area contributed by atoms with Gasteiger partial charge in [-0.3, -0.25) is 35.0 Å². The molecule has 0 aliphatic heterocycles. The van der Waals surface area contributed by atoms with Gasteiger partial charge < -0.3 is 0 Å². The van der Waals surface area contributed by atoms with Crippen LogP contribution >= 0.6 is 11.8 Å². The Balaban J connectivity index is 1.59. The van der Waals surface area contributed by atoms with E-state index in [4.69, 9.17) is 0 Å². The third kappa shape index (κ3) is 4.83. The highest BCUT2D eigenvalue weighted by Gasteiger charge is 2.31. The number of nitrogens with one attached hydrogen (secondary N) is 2. The van der Waals surface area contributed by atoms with Crippen molar-refractivity contribution in [1.82, 2.24) is 25.4 Å². The molecule has 2 heterocycles. The molecule has 2 aromatic heterocycles. The molecule has 10 nitrogen and oxygen atoms in total. The standard InChI is InChI=1S/C16H11F3N6O4S/c17-16(18,19)10-4-5-12-20-23-15(24(12)7-10)30-8-13(26)21-22-14(27)9-2-1-3-11(6-9)25(28)29/h1-7H,8H2,(H,21,26)(H,22,27). The van der Waals surface area contributed by atoms with Gasteiger partial charge in [-0.25, -0.2) is 0 Å². The third-order valence-electron chi connectivity index (χ3n) is 3.67. The molecule has 0 aliphatic rings. The first-order chi connectivity index (χ1) is 14.1. The Kier molecular flexibility index (Phi) is 5.86. The summed E-state index contributed by atoms with van der Waals surface area (Å²) < 4.78 is 39.7. The quantitative estimate of drug-likeness (QED) is 0.353. The number of fused-ring (bicyclic) bond motifs is 1. The van der Waals surface area contributed by atoms with Crippen LogP contribution in [0.15, 0.2) is 47.8 Å². The first-order valence-electron chi connectivity index (χ1n) is 8.03. The van der Waals surface area contributed by atoms with Crippen molar-refractivity contribution in [2.24, 2.45) is 0 Å². The van der Waals surface area contributed by atoms with Gasteiger partial charge in [0.15, 0.2) is 10.8 Å². The van der Waals surface area contributed by atoms with Gasteiger partial charge in [-0.15, -0.1) is 10.2 Å². The maximum Gasteiger partial charge on any atom is 0.417 e. The number of amides is 2. The van der Waals surface area contributed by atoms with Crippen LogP contribution in [0.25, 0.3) is 5.65 Å². The Morgan fingerprint density at radius 2 is 1.93 bits per heavy atom. The van der Waals surface area contributed by atoms with Crippen LogP contribution < -0.4 is 10.9 Å². The molecule has 14 heteroatoms. The zero-order valence-electron chi connectivity index (χ0n) is 14.7. The third-order valence-corrected chi connectivity index (χ3v) is 4.61. The number of rotatable bonds is 5. The smallest absolute Gasteiger partial charge is 0.277 e. The minimum atomic E-state index is -4.55. The highest BCUT2D eigenvalue weighted by Crippen LogP contribution is 2.30. The number of pyridine rings is 1. The summed E-state index contributed by atoms with van der Waals surface area (Å²) in [5.74, 6) is -1.74. The fourth-order valence-electron chi connectivity index (χ4n) is 2.26. The first-order valence-corrected chi connectivity index (χ1v) is 9.02. The number of aromatic nitrogens is 3. The van der Waals surface area contributed by atoms with Crippen molar-refractivity contribution >= 4 is 34.9 Å². The number of nitrogens with zero attached hydrogens (tertiary/aromatic N) is 4. The number of benzene rings is 1. The topological polar surface area (TPSA) is 132 Å². The number of alkyl halides is 3. The van der Waals surface area contributed by atoms with Crippen molar-refractivity contribution in [3.05, 3.63) is 63.8 Å². The number of halogens is 3. The summed E-state index contributed by atoms with van der Waals surface area (Å²) in [4.78, 5) is 34.0. The van der Waals surface area contributed by atoms with Gasteiger partial charge in [0.05, 0.1) is 16.2 Å². The Morgan fingerprint density at radius 1 is 1.17 bits per heavy atom. The van der Waals surface area contributed by atoms with Gasteiger partial charge in [0.1, 0.15) is 0 Å². The van der Waals surface area contributed by atoms with E-state index in [1.165, 1.54) is 18.2 Å². The van der Waals surface area contributed by atoms with Crippen molar-refractivity contribution in [1.29, 1.82) is 0 Å². The Hall–Kier alpha value is -3.68. The lowest BCUT2D eigenvalue weighted by Gasteiger charge is -2.08. The second kappa shape index (κ2) is 8.36. The molecule has 3 rings (SSSR count). The molecule has 30 heavy (non-hydrogen) atoms. The molecule has 0 aliphatic carbocycles. The number of hydrazine groups is 1. The summed E-state index contributed by atoms with van der Waals surface area (Å²) in [5.41, 5.74) is 3.15. The van der Waals surface area contributed by atoms with Crippen LogP contribution in [-0.2, 0) is 11.0 Å². The summed E-state index contributed by atoms with van der Waals surface area (Å²) in [7, 11) is 0. The Morgan fingerprint density at radius 3 is 2.63 bits per heavy atom. The maximum atomic E-state index is 12.9. The molecule has 0 fully saturated rings. The van der Waals surface area contributed by atoms with Crippen molar-refractivity contribution in [3.63, 3.8) is 0 Å². The Bertz CT molecular complexity index is 1130. The van der Waals surface area contributed by atoms with Gasteiger partial charge in [-0.2, -0.15) is 13.2 Å². The molecule has 0 spiro atoms. The lowest BCUT2D eigenvalue weighted by atomic mass is 10.2. The van der Waals surface area contributed by atoms with Gasteiger partial charge >= 0.3 is 6.18 Å². The monoisotopic (exact) mass is 440 g/mol. The molecule has 1 aromatic carbocycles. The van der Waals surface area contributed by atoms with Crippen LogP contribution in [0, 0.1) is 10.1 Å². The van der Waals surface area contributed by atoms with E-state index in [2.05, 4.69) is 21.0 Å². The molecule has 0 saturated carbocycles. The molecule has 0 bridgehead atoms. The molecule has 0 atom stereocenters. The second-order valence-electron chi connectivity index (χ2n) is 5.72. The van der Waals surface area contributed by atoms with Crippen LogP contribution in [0.1, 0.15) is 15.9 Å². The van der Waals surface area contributed by atoms with Crippen LogP contribution in [0.4, 0.5) is 18.9 Å². The summed E-state index contributed by atoms with van der Waals surface area (Å²) >= 11 is 0.807. The van der Waals surface area contributed by atoms with E-state index >= 15 is 0 Å². The number of carbonyl (C=O) groups is 2. The zero-order valence-corrected chi connectivity index (χ0v) is 15.5. The molecule has 3 aromatic rings. The van der Waals surface area contributed by atoms with Crippen molar-refractivity contribution in [3.8, 4) is 0 Å². The lowest BCUT2D eigenvalue weighted by molar-refractivity contribution is -0.384. The van der Waals surface area contributed by atoms with Crippen molar-refractivity contribution in [2.45, 2.75) is 11.3 Å². The average Bonchev–Trinajstić information content (AvgIpc) is 3.12. The second-order valence-corrected chi connectivity index (χ2v) is 6.67. The van der Waals surface area contributed by atoms with Gasteiger partial charge in [-0.1, -0.05) is 17.8 Å². The Labute approximate surface area is 169 Å². The van der Waals surface area contributed by atoms with E-state index < -0.39 is 28.5 Å². The summed E-state index contributed by atoms with van der Waals surface area (Å²) in [6, 6.07) is 6.91. The van der Waals surface area contributed by atoms with E-state index in [1.54, 1.807) is 0 Å².